The number of aliphatic hydroxyl groups excluding tert-OH is 1. The van der Waals surface area contributed by atoms with Crippen LogP contribution in [0.5, 0.6) is 0 Å². The number of amides is 3. The summed E-state index contributed by atoms with van der Waals surface area (Å²) in [5.41, 5.74) is 4.68. The van der Waals surface area contributed by atoms with Crippen LogP contribution in [0.3, 0.4) is 0 Å². The fourth-order valence-corrected chi connectivity index (χ4v) is 6.77. The lowest BCUT2D eigenvalue weighted by molar-refractivity contribution is -0.144. The normalized spacial score (nSPS) is 14.3. The number of carbonyl (C=O) groups is 4. The first-order valence-corrected chi connectivity index (χ1v) is 18.7. The Kier molecular flexibility index (Phi) is 13.6. The molecule has 4 aromatic rings. The molecule has 11 heteroatoms. The predicted molar refractivity (Wildman–Crippen MR) is 204 cm³/mol. The molecule has 0 fully saturated rings. The summed E-state index contributed by atoms with van der Waals surface area (Å²) in [6, 6.07) is 23.1. The molecule has 1 unspecified atom stereocenters. The van der Waals surface area contributed by atoms with Gasteiger partial charge in [0.1, 0.15) is 0 Å². The van der Waals surface area contributed by atoms with Crippen molar-refractivity contribution in [3.63, 3.8) is 0 Å². The number of fused-ring (bicyclic) bond motifs is 1. The highest BCUT2D eigenvalue weighted by molar-refractivity contribution is 6.02. The summed E-state index contributed by atoms with van der Waals surface area (Å²) >= 11 is 0. The second-order valence-corrected chi connectivity index (χ2v) is 13.5. The van der Waals surface area contributed by atoms with Crippen LogP contribution >= 0.6 is 0 Å². The Labute approximate surface area is 311 Å². The van der Waals surface area contributed by atoms with Gasteiger partial charge >= 0.3 is 5.97 Å². The molecule has 0 saturated carbocycles. The number of nitrogens with zero attached hydrogens (tertiary/aromatic N) is 4. The molecule has 0 radical (unpaired) electrons. The molecule has 2 N–H and O–H groups in total. The third kappa shape index (κ3) is 9.39. The fourth-order valence-electron chi connectivity index (χ4n) is 6.77. The number of nitrogens with one attached hydrogen (secondary N) is 1. The van der Waals surface area contributed by atoms with E-state index in [1.807, 2.05) is 42.2 Å². The van der Waals surface area contributed by atoms with E-state index >= 15 is 0 Å². The van der Waals surface area contributed by atoms with Crippen LogP contribution in [0.25, 0.3) is 5.69 Å². The topological polar surface area (TPSA) is 134 Å². The summed E-state index contributed by atoms with van der Waals surface area (Å²) in [4.78, 5) is 58.4. The monoisotopic (exact) mass is 721 g/mol. The standard InChI is InChI=1S/C42H51N5O6/c1-5-8-21-45(22-9-6-2)42(52)37-23-29(4)47(44-37)38-20-19-33(43-40(50)35(26-39(49)53-7-3)30-15-11-10-12-16-30)25-36(38)41(51)46-27-32-18-14-13-17-31(32)24-34(46)28-48/h10-20,23,25,34-35,48H,5-9,21-22,24,26-28H2,1-4H3,(H,43,50)/t34-,35?/m0/s1. The Bertz CT molecular complexity index is 1880. The summed E-state index contributed by atoms with van der Waals surface area (Å²) in [6.45, 7) is 9.27. The zero-order valence-corrected chi connectivity index (χ0v) is 31.2. The molecule has 3 aromatic carbocycles. The highest BCUT2D eigenvalue weighted by atomic mass is 16.5. The Hall–Kier alpha value is -5.29. The van der Waals surface area contributed by atoms with Gasteiger partial charge in [-0.25, -0.2) is 4.68 Å². The number of hydrogen-bond donors (Lipinski definition) is 2. The zero-order valence-electron chi connectivity index (χ0n) is 31.2. The van der Waals surface area contributed by atoms with E-state index in [0.29, 0.717) is 42.1 Å². The van der Waals surface area contributed by atoms with Gasteiger partial charge < -0.3 is 25.0 Å². The van der Waals surface area contributed by atoms with E-state index in [0.717, 1.165) is 36.8 Å². The predicted octanol–water partition coefficient (Wildman–Crippen LogP) is 6.46. The number of ether oxygens (including phenoxy) is 1. The number of hydrogen-bond acceptors (Lipinski definition) is 7. The second kappa shape index (κ2) is 18.5. The van der Waals surface area contributed by atoms with Crippen molar-refractivity contribution in [1.82, 2.24) is 19.6 Å². The molecule has 0 saturated heterocycles. The lowest BCUT2D eigenvalue weighted by Gasteiger charge is -2.36. The molecule has 0 spiro atoms. The fraction of sp³-hybridized carbons (Fsp3) is 0.405. The van der Waals surface area contributed by atoms with Gasteiger partial charge in [-0.05, 0) is 74.1 Å². The molecular weight excluding hydrogens is 670 g/mol. The molecule has 2 atom stereocenters. The van der Waals surface area contributed by atoms with Gasteiger partial charge in [0.25, 0.3) is 11.8 Å². The minimum absolute atomic E-state index is 0.157. The van der Waals surface area contributed by atoms with Crippen LogP contribution in [-0.2, 0) is 27.3 Å². The van der Waals surface area contributed by atoms with Crippen molar-refractivity contribution in [1.29, 1.82) is 0 Å². The minimum Gasteiger partial charge on any atom is -0.466 e. The van der Waals surface area contributed by atoms with Crippen molar-refractivity contribution in [3.8, 4) is 5.69 Å². The first-order valence-electron chi connectivity index (χ1n) is 18.7. The molecular formula is C42H51N5O6. The van der Waals surface area contributed by atoms with E-state index in [4.69, 9.17) is 9.84 Å². The summed E-state index contributed by atoms with van der Waals surface area (Å²) < 4.78 is 6.78. The SMILES string of the molecule is CCCCN(CCCC)C(=O)c1cc(C)n(-c2ccc(NC(=O)C(CC(=O)OCC)c3ccccc3)cc2C(=O)N2Cc3ccccc3C[C@H]2CO)n1. The molecule has 1 aliphatic rings. The number of anilines is 1. The summed E-state index contributed by atoms with van der Waals surface area (Å²) in [6.07, 6.45) is 4.02. The highest BCUT2D eigenvalue weighted by Gasteiger charge is 2.33. The van der Waals surface area contributed by atoms with Crippen LogP contribution in [0.15, 0.2) is 78.9 Å². The molecule has 3 amide bonds. The lowest BCUT2D eigenvalue weighted by atomic mass is 9.93. The number of carbonyl (C=O) groups excluding carboxylic acids is 4. The van der Waals surface area contributed by atoms with Gasteiger partial charge in [-0.2, -0.15) is 5.10 Å². The molecule has 11 nitrogen and oxygen atoms in total. The van der Waals surface area contributed by atoms with Gasteiger partial charge in [0.05, 0.1) is 42.8 Å². The van der Waals surface area contributed by atoms with Gasteiger partial charge in [-0.15, -0.1) is 0 Å². The molecule has 53 heavy (non-hydrogen) atoms. The van der Waals surface area contributed by atoms with Gasteiger partial charge in [-0.1, -0.05) is 81.3 Å². The molecule has 5 rings (SSSR count). The minimum atomic E-state index is -0.836. The average Bonchev–Trinajstić information content (AvgIpc) is 3.57. The van der Waals surface area contributed by atoms with E-state index in [-0.39, 0.29) is 49.3 Å². The molecule has 1 aliphatic heterocycles. The van der Waals surface area contributed by atoms with Crippen molar-refractivity contribution < 1.29 is 29.0 Å². The number of benzene rings is 3. The van der Waals surface area contributed by atoms with Crippen molar-refractivity contribution >= 4 is 29.4 Å². The quantitative estimate of drug-likeness (QED) is 0.127. The molecule has 2 heterocycles. The Morgan fingerprint density at radius 1 is 0.925 bits per heavy atom. The number of esters is 1. The van der Waals surface area contributed by atoms with Gasteiger partial charge in [0.2, 0.25) is 5.91 Å². The van der Waals surface area contributed by atoms with Gasteiger partial charge in [0, 0.05) is 31.0 Å². The van der Waals surface area contributed by atoms with Crippen molar-refractivity contribution in [3.05, 3.63) is 113 Å². The van der Waals surface area contributed by atoms with Crippen LogP contribution in [-0.4, -0.2) is 80.7 Å². The lowest BCUT2D eigenvalue weighted by Crippen LogP contribution is -2.46. The van der Waals surface area contributed by atoms with Crippen LogP contribution in [0.4, 0.5) is 5.69 Å². The van der Waals surface area contributed by atoms with Crippen LogP contribution < -0.4 is 5.32 Å². The number of aromatic nitrogens is 2. The van der Waals surface area contributed by atoms with E-state index in [1.54, 1.807) is 65.0 Å². The van der Waals surface area contributed by atoms with Crippen molar-refractivity contribution in [2.45, 2.75) is 84.7 Å². The number of aliphatic hydroxyl groups is 1. The third-order valence-corrected chi connectivity index (χ3v) is 9.70. The van der Waals surface area contributed by atoms with Crippen molar-refractivity contribution in [2.24, 2.45) is 0 Å². The van der Waals surface area contributed by atoms with Gasteiger partial charge in [-0.3, -0.25) is 19.2 Å². The molecule has 0 aliphatic carbocycles. The van der Waals surface area contributed by atoms with Crippen LogP contribution in [0, 0.1) is 6.92 Å². The number of rotatable bonds is 16. The van der Waals surface area contributed by atoms with Crippen LogP contribution in [0.2, 0.25) is 0 Å². The third-order valence-electron chi connectivity index (χ3n) is 9.70. The summed E-state index contributed by atoms with van der Waals surface area (Å²) in [5, 5.41) is 18.2. The average molecular weight is 722 g/mol. The van der Waals surface area contributed by atoms with E-state index in [2.05, 4.69) is 19.2 Å². The zero-order chi connectivity index (χ0) is 37.9. The summed E-state index contributed by atoms with van der Waals surface area (Å²) in [5.74, 6) is -2.28. The Balaban J connectivity index is 1.55. The largest absolute Gasteiger partial charge is 0.466 e. The second-order valence-electron chi connectivity index (χ2n) is 13.5. The van der Waals surface area contributed by atoms with E-state index < -0.39 is 23.8 Å². The van der Waals surface area contributed by atoms with E-state index in [1.165, 1.54) is 0 Å². The van der Waals surface area contributed by atoms with E-state index in [9.17, 15) is 24.3 Å². The van der Waals surface area contributed by atoms with Crippen LogP contribution in [0.1, 0.15) is 102 Å². The maximum Gasteiger partial charge on any atom is 0.306 e. The highest BCUT2D eigenvalue weighted by Crippen LogP contribution is 2.30. The maximum absolute atomic E-state index is 14.7. The first-order chi connectivity index (χ1) is 25.7. The van der Waals surface area contributed by atoms with Gasteiger partial charge in [0.15, 0.2) is 5.69 Å². The molecule has 0 bridgehead atoms. The summed E-state index contributed by atoms with van der Waals surface area (Å²) in [7, 11) is 0. The Morgan fingerprint density at radius 2 is 1.60 bits per heavy atom. The molecule has 1 aromatic heterocycles. The first kappa shape index (κ1) is 38.9. The molecule has 280 valence electrons. The number of unbranched alkanes of at least 4 members (excludes halogenated alkanes) is 2. The van der Waals surface area contributed by atoms with Crippen molar-refractivity contribution in [2.75, 3.05) is 31.6 Å². The maximum atomic E-state index is 14.7. The Morgan fingerprint density at radius 3 is 2.26 bits per heavy atom. The smallest absolute Gasteiger partial charge is 0.306 e. The number of aryl methyl sites for hydroxylation is 1.